The Morgan fingerprint density at radius 3 is 2.93 bits per heavy atom. The molecule has 0 aromatic rings. The van der Waals surface area contributed by atoms with Crippen LogP contribution in [0.1, 0.15) is 45.4 Å². The van der Waals surface area contributed by atoms with Gasteiger partial charge in [-0.05, 0) is 39.2 Å². The lowest BCUT2D eigenvalue weighted by atomic mass is 9.95. The van der Waals surface area contributed by atoms with Crippen LogP contribution in [0.2, 0.25) is 0 Å². The van der Waals surface area contributed by atoms with Crippen molar-refractivity contribution in [1.29, 1.82) is 0 Å². The van der Waals surface area contributed by atoms with Crippen molar-refractivity contribution in [3.05, 3.63) is 0 Å². The normalized spacial score (nSPS) is 31.3. The Morgan fingerprint density at radius 2 is 2.13 bits per heavy atom. The van der Waals surface area contributed by atoms with E-state index in [9.17, 15) is 4.79 Å². The number of hydrogen-bond donors (Lipinski definition) is 0. The van der Waals surface area contributed by atoms with Crippen molar-refractivity contribution in [3.8, 4) is 0 Å². The summed E-state index contributed by atoms with van der Waals surface area (Å²) in [5.41, 5.74) is 0. The maximum Gasteiger partial charge on any atom is 0.307 e. The molecule has 0 aromatic heterocycles. The number of piperidine rings is 1. The maximum atomic E-state index is 11.5. The van der Waals surface area contributed by atoms with E-state index in [1.54, 1.807) is 0 Å². The average molecular weight is 211 g/mol. The number of carbonyl (C=O) groups is 1. The molecule has 0 spiro atoms. The molecule has 2 saturated heterocycles. The number of ether oxygens (including phenoxy) is 1. The summed E-state index contributed by atoms with van der Waals surface area (Å²) in [7, 11) is 0. The Labute approximate surface area is 91.8 Å². The second kappa shape index (κ2) is 4.97. The number of nitrogens with zero attached hydrogens (tertiary/aromatic N) is 1. The van der Waals surface area contributed by atoms with E-state index in [2.05, 4.69) is 4.90 Å². The number of carbonyl (C=O) groups excluding carboxylic acids is 1. The molecule has 0 aromatic carbocycles. The first-order valence-corrected chi connectivity index (χ1v) is 6.22. The molecule has 0 amide bonds. The van der Waals surface area contributed by atoms with Crippen LogP contribution in [-0.2, 0) is 9.53 Å². The quantitative estimate of drug-likeness (QED) is 0.668. The van der Waals surface area contributed by atoms with Crippen molar-refractivity contribution in [2.75, 3.05) is 13.2 Å². The third-order valence-electron chi connectivity index (χ3n) is 3.67. The van der Waals surface area contributed by atoms with E-state index in [1.165, 1.54) is 38.6 Å². The number of hydrogen-bond acceptors (Lipinski definition) is 3. The molecular formula is C12H21NO2. The first kappa shape index (κ1) is 10.9. The molecule has 0 bridgehead atoms. The molecule has 0 aliphatic carbocycles. The van der Waals surface area contributed by atoms with Crippen LogP contribution in [-0.4, -0.2) is 36.1 Å². The lowest BCUT2D eigenvalue weighted by Gasteiger charge is -2.37. The Bertz CT molecular complexity index is 230. The van der Waals surface area contributed by atoms with E-state index in [0.717, 1.165) is 6.04 Å². The second-order valence-corrected chi connectivity index (χ2v) is 4.63. The zero-order valence-corrected chi connectivity index (χ0v) is 9.58. The van der Waals surface area contributed by atoms with Gasteiger partial charge in [0.2, 0.25) is 0 Å². The molecule has 0 saturated carbocycles. The van der Waals surface area contributed by atoms with Gasteiger partial charge in [-0.15, -0.1) is 0 Å². The highest BCUT2D eigenvalue weighted by Crippen LogP contribution is 2.32. The Morgan fingerprint density at radius 1 is 1.33 bits per heavy atom. The molecule has 86 valence electrons. The fourth-order valence-electron chi connectivity index (χ4n) is 3.04. The lowest BCUT2D eigenvalue weighted by Crippen LogP contribution is -2.43. The van der Waals surface area contributed by atoms with Crippen molar-refractivity contribution in [3.63, 3.8) is 0 Å². The van der Waals surface area contributed by atoms with Gasteiger partial charge in [0.1, 0.15) is 0 Å². The highest BCUT2D eigenvalue weighted by atomic mass is 16.5. The summed E-state index contributed by atoms with van der Waals surface area (Å²) in [4.78, 5) is 14.0. The van der Waals surface area contributed by atoms with Gasteiger partial charge in [-0.1, -0.05) is 6.42 Å². The number of esters is 1. The first-order valence-electron chi connectivity index (χ1n) is 6.22. The molecule has 3 nitrogen and oxygen atoms in total. The Kier molecular flexibility index (Phi) is 3.62. The third kappa shape index (κ3) is 2.51. The average Bonchev–Trinajstić information content (AvgIpc) is 2.67. The number of fused-ring (bicyclic) bond motifs is 1. The molecule has 2 aliphatic rings. The molecular weight excluding hydrogens is 190 g/mol. The van der Waals surface area contributed by atoms with Gasteiger partial charge in [-0.25, -0.2) is 0 Å². The van der Waals surface area contributed by atoms with Crippen LogP contribution in [0.3, 0.4) is 0 Å². The summed E-state index contributed by atoms with van der Waals surface area (Å²) < 4.78 is 5.03. The fourth-order valence-corrected chi connectivity index (χ4v) is 3.04. The predicted octanol–water partition coefficient (Wildman–Crippen LogP) is 1.96. The molecule has 15 heavy (non-hydrogen) atoms. The van der Waals surface area contributed by atoms with Gasteiger partial charge in [0.25, 0.3) is 0 Å². The largest absolute Gasteiger partial charge is 0.466 e. The topological polar surface area (TPSA) is 29.5 Å². The molecule has 0 N–H and O–H groups in total. The highest BCUT2D eigenvalue weighted by molar-refractivity contribution is 5.70. The zero-order chi connectivity index (χ0) is 10.7. The van der Waals surface area contributed by atoms with Crippen molar-refractivity contribution in [1.82, 2.24) is 4.90 Å². The zero-order valence-electron chi connectivity index (χ0n) is 9.58. The van der Waals surface area contributed by atoms with Gasteiger partial charge in [-0.3, -0.25) is 9.69 Å². The second-order valence-electron chi connectivity index (χ2n) is 4.63. The minimum atomic E-state index is -0.0185. The van der Waals surface area contributed by atoms with Crippen LogP contribution < -0.4 is 0 Å². The van der Waals surface area contributed by atoms with Crippen LogP contribution >= 0.6 is 0 Å². The van der Waals surface area contributed by atoms with E-state index < -0.39 is 0 Å². The molecule has 2 aliphatic heterocycles. The summed E-state index contributed by atoms with van der Waals surface area (Å²) in [6, 6.07) is 1.23. The minimum absolute atomic E-state index is 0.0185. The third-order valence-corrected chi connectivity index (χ3v) is 3.67. The van der Waals surface area contributed by atoms with Gasteiger partial charge in [0, 0.05) is 12.1 Å². The molecule has 2 atom stereocenters. The van der Waals surface area contributed by atoms with E-state index in [-0.39, 0.29) is 5.97 Å². The van der Waals surface area contributed by atoms with E-state index in [4.69, 9.17) is 4.74 Å². The van der Waals surface area contributed by atoms with Crippen LogP contribution in [0.4, 0.5) is 0 Å². The van der Waals surface area contributed by atoms with Crippen molar-refractivity contribution < 1.29 is 9.53 Å². The van der Waals surface area contributed by atoms with Crippen molar-refractivity contribution >= 4 is 5.97 Å². The minimum Gasteiger partial charge on any atom is -0.466 e. The van der Waals surface area contributed by atoms with Crippen LogP contribution in [0.5, 0.6) is 0 Å². The van der Waals surface area contributed by atoms with E-state index in [0.29, 0.717) is 19.1 Å². The predicted molar refractivity (Wildman–Crippen MR) is 58.6 cm³/mol. The smallest absolute Gasteiger partial charge is 0.307 e. The first-order chi connectivity index (χ1) is 7.31. The van der Waals surface area contributed by atoms with Crippen molar-refractivity contribution in [2.24, 2.45) is 0 Å². The van der Waals surface area contributed by atoms with Gasteiger partial charge in [0.05, 0.1) is 13.0 Å². The van der Waals surface area contributed by atoms with E-state index in [1.807, 2.05) is 6.92 Å². The number of rotatable bonds is 3. The maximum absolute atomic E-state index is 11.5. The summed E-state index contributed by atoms with van der Waals surface area (Å²) in [5.74, 6) is -0.0185. The summed E-state index contributed by atoms with van der Waals surface area (Å²) in [6.07, 6.45) is 7.04. The van der Waals surface area contributed by atoms with Crippen molar-refractivity contribution in [2.45, 2.75) is 57.5 Å². The van der Waals surface area contributed by atoms with Gasteiger partial charge >= 0.3 is 5.97 Å². The molecule has 3 heteroatoms. The van der Waals surface area contributed by atoms with Gasteiger partial charge in [-0.2, -0.15) is 0 Å². The van der Waals surface area contributed by atoms with E-state index >= 15 is 0 Å². The molecule has 0 unspecified atom stereocenters. The van der Waals surface area contributed by atoms with Gasteiger partial charge < -0.3 is 4.74 Å². The Hall–Kier alpha value is -0.570. The molecule has 2 heterocycles. The molecule has 2 fully saturated rings. The van der Waals surface area contributed by atoms with Crippen LogP contribution in [0, 0.1) is 0 Å². The molecule has 2 rings (SSSR count). The highest BCUT2D eigenvalue weighted by Gasteiger charge is 2.34. The Balaban J connectivity index is 1.87. The summed E-state index contributed by atoms with van der Waals surface area (Å²) >= 11 is 0. The van der Waals surface area contributed by atoms with Crippen LogP contribution in [0.25, 0.3) is 0 Å². The lowest BCUT2D eigenvalue weighted by molar-refractivity contribution is -0.145. The van der Waals surface area contributed by atoms with Gasteiger partial charge in [0.15, 0.2) is 0 Å². The van der Waals surface area contributed by atoms with Crippen LogP contribution in [0.15, 0.2) is 0 Å². The monoisotopic (exact) mass is 211 g/mol. The standard InChI is InChI=1S/C12H21NO2/c1-2-15-12(14)9-11-6-3-5-10-7-4-8-13(10)11/h10-11H,2-9H2,1H3/t10-,11-/m1/s1. The molecule has 0 radical (unpaired) electrons. The fraction of sp³-hybridized carbons (Fsp3) is 0.917. The SMILES string of the molecule is CCOC(=O)C[C@H]1CCC[C@@H]2CCCN21. The summed E-state index contributed by atoms with van der Waals surface area (Å²) in [6.45, 7) is 3.57. The summed E-state index contributed by atoms with van der Waals surface area (Å²) in [5, 5.41) is 0.